The smallest absolute Gasteiger partial charge is 0.311 e. The van der Waals surface area contributed by atoms with Crippen molar-refractivity contribution in [3.63, 3.8) is 0 Å². The molecule has 2 unspecified atom stereocenters. The highest BCUT2D eigenvalue weighted by Crippen LogP contribution is 2.32. The van der Waals surface area contributed by atoms with Crippen LogP contribution in [0.3, 0.4) is 0 Å². The molecule has 0 aliphatic carbocycles. The largest absolute Gasteiger partial charge is 0.481 e. The molecule has 0 aromatic heterocycles. The van der Waals surface area contributed by atoms with Crippen LogP contribution in [0.15, 0.2) is 0 Å². The summed E-state index contributed by atoms with van der Waals surface area (Å²) in [5, 5.41) is 9.37. The molecule has 0 radical (unpaired) electrons. The number of carboxylic acids is 1. The number of aliphatic carboxylic acids is 1. The Morgan fingerprint density at radius 3 is 2.57 bits per heavy atom. The molecular formula is C15H26N2O5S. The fourth-order valence-corrected chi connectivity index (χ4v) is 5.25. The summed E-state index contributed by atoms with van der Waals surface area (Å²) in [7, 11) is -3.42. The van der Waals surface area contributed by atoms with E-state index in [2.05, 4.69) is 0 Å². The molecule has 0 bridgehead atoms. The molecule has 23 heavy (non-hydrogen) atoms. The summed E-state index contributed by atoms with van der Waals surface area (Å²) in [6.45, 7) is 4.48. The molecule has 1 amide bonds. The number of carbonyl (C=O) groups is 2. The first kappa shape index (κ1) is 18.2. The molecule has 2 aliphatic rings. The quantitative estimate of drug-likeness (QED) is 0.798. The summed E-state index contributed by atoms with van der Waals surface area (Å²) in [6, 6.07) is -0.664. The second kappa shape index (κ2) is 6.76. The van der Waals surface area contributed by atoms with Crippen molar-refractivity contribution in [3.05, 3.63) is 0 Å². The van der Waals surface area contributed by atoms with Crippen molar-refractivity contribution in [1.29, 1.82) is 0 Å². The fourth-order valence-electron chi connectivity index (χ4n) is 3.51. The highest BCUT2D eigenvalue weighted by molar-refractivity contribution is 7.89. The van der Waals surface area contributed by atoms with Crippen molar-refractivity contribution in [3.8, 4) is 0 Å². The van der Waals surface area contributed by atoms with Crippen molar-refractivity contribution in [2.75, 3.05) is 25.4 Å². The van der Waals surface area contributed by atoms with E-state index in [9.17, 15) is 23.1 Å². The van der Waals surface area contributed by atoms with E-state index in [-0.39, 0.29) is 18.2 Å². The Bertz CT molecular complexity index is 576. The average Bonchev–Trinajstić information content (AvgIpc) is 2.96. The van der Waals surface area contributed by atoms with Crippen molar-refractivity contribution in [2.24, 2.45) is 5.41 Å². The fraction of sp³-hybridized carbons (Fsp3) is 0.867. The molecule has 132 valence electrons. The second-order valence-electron chi connectivity index (χ2n) is 6.81. The van der Waals surface area contributed by atoms with Crippen LogP contribution in [0.4, 0.5) is 0 Å². The Hall–Kier alpha value is -1.15. The van der Waals surface area contributed by atoms with Crippen LogP contribution in [0, 0.1) is 5.41 Å². The van der Waals surface area contributed by atoms with Crippen LogP contribution in [0.2, 0.25) is 0 Å². The van der Waals surface area contributed by atoms with Gasteiger partial charge in [-0.05, 0) is 39.0 Å². The zero-order chi connectivity index (χ0) is 17.3. The van der Waals surface area contributed by atoms with Gasteiger partial charge in [0.05, 0.1) is 11.2 Å². The Labute approximate surface area is 137 Å². The van der Waals surface area contributed by atoms with E-state index in [1.54, 1.807) is 18.7 Å². The molecule has 2 atom stereocenters. The molecule has 2 rings (SSSR count). The van der Waals surface area contributed by atoms with Gasteiger partial charge in [0.15, 0.2) is 0 Å². The molecule has 7 nitrogen and oxygen atoms in total. The highest BCUT2D eigenvalue weighted by Gasteiger charge is 2.44. The van der Waals surface area contributed by atoms with Crippen LogP contribution in [0.25, 0.3) is 0 Å². The second-order valence-corrected chi connectivity index (χ2v) is 8.86. The van der Waals surface area contributed by atoms with Crippen LogP contribution in [-0.2, 0) is 19.6 Å². The van der Waals surface area contributed by atoms with Crippen molar-refractivity contribution in [2.45, 2.75) is 52.0 Å². The number of piperidine rings is 1. The van der Waals surface area contributed by atoms with Gasteiger partial charge in [0.25, 0.3) is 0 Å². The van der Waals surface area contributed by atoms with Gasteiger partial charge in [0.2, 0.25) is 15.9 Å². The summed E-state index contributed by atoms with van der Waals surface area (Å²) >= 11 is 0. The standard InChI is InChI=1S/C15H26N2O5S/c1-3-10-23(21,22)17-9-4-6-12(17)13(18)16-8-5-7-15(2,11-16)14(19)20/h12H,3-11H2,1-2H3,(H,19,20). The van der Waals surface area contributed by atoms with Gasteiger partial charge in [-0.25, -0.2) is 8.42 Å². The summed E-state index contributed by atoms with van der Waals surface area (Å²) in [6.07, 6.45) is 2.86. The van der Waals surface area contributed by atoms with E-state index in [1.807, 2.05) is 0 Å². The number of sulfonamides is 1. The molecule has 8 heteroatoms. The number of hydrogen-bond donors (Lipinski definition) is 1. The van der Waals surface area contributed by atoms with Gasteiger partial charge >= 0.3 is 5.97 Å². The molecule has 1 N–H and O–H groups in total. The third kappa shape index (κ3) is 3.68. The third-order valence-electron chi connectivity index (χ3n) is 4.83. The van der Waals surface area contributed by atoms with Gasteiger partial charge in [-0.15, -0.1) is 0 Å². The summed E-state index contributed by atoms with van der Waals surface area (Å²) in [4.78, 5) is 25.8. The molecular weight excluding hydrogens is 320 g/mol. The number of nitrogens with zero attached hydrogens (tertiary/aromatic N) is 2. The first-order chi connectivity index (χ1) is 10.7. The maximum Gasteiger partial charge on any atom is 0.311 e. The van der Waals surface area contributed by atoms with Gasteiger partial charge in [-0.1, -0.05) is 6.92 Å². The van der Waals surface area contributed by atoms with Crippen molar-refractivity contribution >= 4 is 21.9 Å². The zero-order valence-electron chi connectivity index (χ0n) is 13.8. The van der Waals surface area contributed by atoms with Gasteiger partial charge in [-0.3, -0.25) is 9.59 Å². The lowest BCUT2D eigenvalue weighted by Crippen LogP contribution is -2.54. The summed E-state index contributed by atoms with van der Waals surface area (Å²) in [5.74, 6) is -1.10. The Kier molecular flexibility index (Phi) is 5.35. The zero-order valence-corrected chi connectivity index (χ0v) is 14.6. The number of hydrogen-bond acceptors (Lipinski definition) is 4. The van der Waals surface area contributed by atoms with Crippen LogP contribution in [-0.4, -0.2) is 66.0 Å². The Balaban J connectivity index is 2.14. The third-order valence-corrected chi connectivity index (χ3v) is 6.91. The van der Waals surface area contributed by atoms with Crippen molar-refractivity contribution < 1.29 is 23.1 Å². The van der Waals surface area contributed by atoms with E-state index in [1.165, 1.54) is 4.31 Å². The van der Waals surface area contributed by atoms with Crippen LogP contribution < -0.4 is 0 Å². The lowest BCUT2D eigenvalue weighted by molar-refractivity contribution is -0.154. The van der Waals surface area contributed by atoms with E-state index in [0.717, 1.165) is 0 Å². The number of rotatable bonds is 5. The maximum atomic E-state index is 12.8. The van der Waals surface area contributed by atoms with Crippen molar-refractivity contribution in [1.82, 2.24) is 9.21 Å². The maximum absolute atomic E-state index is 12.8. The molecule has 0 aromatic rings. The first-order valence-corrected chi connectivity index (χ1v) is 9.84. The number of likely N-dealkylation sites (tertiary alicyclic amines) is 1. The van der Waals surface area contributed by atoms with Crippen LogP contribution in [0.1, 0.15) is 46.0 Å². The minimum Gasteiger partial charge on any atom is -0.481 e. The monoisotopic (exact) mass is 346 g/mol. The van der Waals surface area contributed by atoms with Crippen LogP contribution >= 0.6 is 0 Å². The number of amides is 1. The SMILES string of the molecule is CCCS(=O)(=O)N1CCCC1C(=O)N1CCCC(C)(C(=O)O)C1. The van der Waals surface area contributed by atoms with E-state index in [0.29, 0.717) is 45.2 Å². The summed E-state index contributed by atoms with van der Waals surface area (Å²) in [5.41, 5.74) is -0.945. The van der Waals surface area contributed by atoms with E-state index < -0.39 is 27.4 Å². The molecule has 2 heterocycles. The Morgan fingerprint density at radius 2 is 1.96 bits per heavy atom. The van der Waals surface area contributed by atoms with E-state index >= 15 is 0 Å². The number of carboxylic acid groups (broad SMARTS) is 1. The highest BCUT2D eigenvalue weighted by atomic mass is 32.2. The minimum atomic E-state index is -3.42. The van der Waals surface area contributed by atoms with Crippen LogP contribution in [0.5, 0.6) is 0 Å². The minimum absolute atomic E-state index is 0.0453. The molecule has 0 aromatic carbocycles. The molecule has 2 saturated heterocycles. The predicted octanol–water partition coefficient (Wildman–Crippen LogP) is 0.904. The average molecular weight is 346 g/mol. The molecule has 0 saturated carbocycles. The molecule has 2 fully saturated rings. The topological polar surface area (TPSA) is 95.0 Å². The lowest BCUT2D eigenvalue weighted by Gasteiger charge is -2.39. The van der Waals surface area contributed by atoms with Gasteiger partial charge in [0.1, 0.15) is 6.04 Å². The van der Waals surface area contributed by atoms with Gasteiger partial charge in [0, 0.05) is 19.6 Å². The first-order valence-electron chi connectivity index (χ1n) is 8.23. The van der Waals surface area contributed by atoms with Gasteiger partial charge in [-0.2, -0.15) is 4.31 Å². The predicted molar refractivity (Wildman–Crippen MR) is 85.4 cm³/mol. The lowest BCUT2D eigenvalue weighted by atomic mass is 9.82. The normalized spacial score (nSPS) is 29.7. The van der Waals surface area contributed by atoms with E-state index in [4.69, 9.17) is 0 Å². The van der Waals surface area contributed by atoms with Gasteiger partial charge < -0.3 is 10.0 Å². The molecule has 2 aliphatic heterocycles. The Morgan fingerprint density at radius 1 is 1.26 bits per heavy atom. The summed E-state index contributed by atoms with van der Waals surface area (Å²) < 4.78 is 26.0. The molecule has 0 spiro atoms. The number of carbonyl (C=O) groups excluding carboxylic acids is 1.